The molecule has 25 heavy (non-hydrogen) atoms. The Morgan fingerprint density at radius 1 is 1.12 bits per heavy atom. The average molecular weight is 346 g/mol. The van der Waals surface area contributed by atoms with Crippen molar-refractivity contribution in [1.82, 2.24) is 0 Å². The van der Waals surface area contributed by atoms with E-state index in [4.69, 9.17) is 14.2 Å². The van der Waals surface area contributed by atoms with Crippen LogP contribution in [-0.2, 0) is 20.7 Å². The Kier molecular flexibility index (Phi) is 4.76. The van der Waals surface area contributed by atoms with Crippen LogP contribution in [0.1, 0.15) is 60.0 Å². The molecule has 3 rings (SSSR count). The van der Waals surface area contributed by atoms with Crippen LogP contribution in [0.5, 0.6) is 5.75 Å². The van der Waals surface area contributed by atoms with E-state index in [1.165, 1.54) is 19.8 Å². The van der Waals surface area contributed by atoms with Gasteiger partial charge in [-0.15, -0.1) is 0 Å². The number of hydrogen-bond acceptors (Lipinski definition) is 5. The summed E-state index contributed by atoms with van der Waals surface area (Å²) in [4.78, 5) is 24.5. The monoisotopic (exact) mass is 346 g/mol. The van der Waals surface area contributed by atoms with Crippen molar-refractivity contribution in [2.75, 3.05) is 21.3 Å². The number of hydrogen-bond donors (Lipinski definition) is 0. The first kappa shape index (κ1) is 17.8. The maximum atomic E-state index is 12.5. The van der Waals surface area contributed by atoms with Crippen LogP contribution in [0, 0.1) is 11.3 Å². The number of carbonyl (C=O) groups is 2. The van der Waals surface area contributed by atoms with E-state index in [-0.39, 0.29) is 17.9 Å². The first-order chi connectivity index (χ1) is 12.0. The van der Waals surface area contributed by atoms with E-state index in [1.54, 1.807) is 7.11 Å². The molecule has 0 heterocycles. The molecule has 0 aliphatic heterocycles. The number of benzene rings is 1. The van der Waals surface area contributed by atoms with Gasteiger partial charge in [-0.05, 0) is 67.7 Å². The van der Waals surface area contributed by atoms with Gasteiger partial charge in [0.15, 0.2) is 0 Å². The smallest absolute Gasteiger partial charge is 0.341 e. The Balaban J connectivity index is 2.04. The maximum Gasteiger partial charge on any atom is 0.341 e. The molecule has 136 valence electrons. The summed E-state index contributed by atoms with van der Waals surface area (Å²) in [6.07, 6.45) is 4.68. The number of aryl methyl sites for hydroxylation is 1. The van der Waals surface area contributed by atoms with Crippen LogP contribution >= 0.6 is 0 Å². The zero-order valence-corrected chi connectivity index (χ0v) is 15.4. The van der Waals surface area contributed by atoms with Crippen molar-refractivity contribution < 1.29 is 23.8 Å². The Labute approximate surface area is 148 Å². The van der Waals surface area contributed by atoms with Gasteiger partial charge in [-0.25, -0.2) is 4.79 Å². The third-order valence-electron chi connectivity index (χ3n) is 6.16. The van der Waals surface area contributed by atoms with E-state index in [0.29, 0.717) is 17.2 Å². The van der Waals surface area contributed by atoms with Gasteiger partial charge in [0.25, 0.3) is 0 Å². The SMILES string of the molecule is COC(=O)c1cc2c(cc1OC)[C@@H]1CCC[C@](C)(C(=O)OC)[C@H]1CC2. The van der Waals surface area contributed by atoms with Gasteiger partial charge in [0.1, 0.15) is 11.3 Å². The van der Waals surface area contributed by atoms with Crippen molar-refractivity contribution in [2.24, 2.45) is 11.3 Å². The molecular formula is C20H26O5. The molecule has 0 unspecified atom stereocenters. The Hall–Kier alpha value is -2.04. The molecule has 2 aliphatic rings. The van der Waals surface area contributed by atoms with E-state index < -0.39 is 5.41 Å². The highest BCUT2D eigenvalue weighted by Crippen LogP contribution is 2.54. The van der Waals surface area contributed by atoms with E-state index in [1.807, 2.05) is 19.1 Å². The number of rotatable bonds is 3. The Morgan fingerprint density at radius 2 is 1.88 bits per heavy atom. The molecule has 0 saturated heterocycles. The molecule has 3 atom stereocenters. The third-order valence-corrected chi connectivity index (χ3v) is 6.16. The van der Waals surface area contributed by atoms with Gasteiger partial charge >= 0.3 is 11.9 Å². The van der Waals surface area contributed by atoms with Crippen LogP contribution in [0.2, 0.25) is 0 Å². The van der Waals surface area contributed by atoms with Gasteiger partial charge in [0.05, 0.1) is 26.7 Å². The first-order valence-electron chi connectivity index (χ1n) is 8.83. The van der Waals surface area contributed by atoms with Crippen LogP contribution in [0.4, 0.5) is 0 Å². The van der Waals surface area contributed by atoms with Gasteiger partial charge in [-0.2, -0.15) is 0 Å². The lowest BCUT2D eigenvalue weighted by Crippen LogP contribution is -2.44. The molecule has 0 bridgehead atoms. The van der Waals surface area contributed by atoms with Crippen LogP contribution in [0.15, 0.2) is 12.1 Å². The molecule has 1 aromatic rings. The van der Waals surface area contributed by atoms with Gasteiger partial charge < -0.3 is 14.2 Å². The fraction of sp³-hybridized carbons (Fsp3) is 0.600. The molecule has 0 radical (unpaired) electrons. The summed E-state index contributed by atoms with van der Waals surface area (Å²) < 4.78 is 15.4. The zero-order chi connectivity index (χ0) is 18.2. The number of carbonyl (C=O) groups excluding carboxylic acids is 2. The first-order valence-corrected chi connectivity index (χ1v) is 8.83. The lowest BCUT2D eigenvalue weighted by atomic mass is 9.56. The second-order valence-electron chi connectivity index (χ2n) is 7.30. The van der Waals surface area contributed by atoms with Crippen molar-refractivity contribution in [1.29, 1.82) is 0 Å². The molecule has 1 fully saturated rings. The highest BCUT2D eigenvalue weighted by Gasteiger charge is 2.50. The van der Waals surface area contributed by atoms with Crippen molar-refractivity contribution in [3.63, 3.8) is 0 Å². The predicted octanol–water partition coefficient (Wildman–Crippen LogP) is 3.49. The molecule has 1 aromatic carbocycles. The van der Waals surface area contributed by atoms with Gasteiger partial charge in [0.2, 0.25) is 0 Å². The van der Waals surface area contributed by atoms with E-state index in [9.17, 15) is 9.59 Å². The lowest BCUT2D eigenvalue weighted by Gasteiger charge is -2.47. The Morgan fingerprint density at radius 3 is 2.52 bits per heavy atom. The third kappa shape index (κ3) is 2.79. The molecule has 0 amide bonds. The van der Waals surface area contributed by atoms with Crippen molar-refractivity contribution in [2.45, 2.75) is 44.9 Å². The quantitative estimate of drug-likeness (QED) is 0.784. The second-order valence-corrected chi connectivity index (χ2v) is 7.30. The van der Waals surface area contributed by atoms with Crippen molar-refractivity contribution in [3.05, 3.63) is 28.8 Å². The van der Waals surface area contributed by atoms with Crippen molar-refractivity contribution in [3.8, 4) is 5.75 Å². The normalized spacial score (nSPS) is 27.7. The molecule has 5 nitrogen and oxygen atoms in total. The van der Waals surface area contributed by atoms with E-state index in [0.717, 1.165) is 37.7 Å². The number of methoxy groups -OCH3 is 3. The number of fused-ring (bicyclic) bond motifs is 3. The lowest BCUT2D eigenvalue weighted by molar-refractivity contribution is -0.158. The summed E-state index contributed by atoms with van der Waals surface area (Å²) in [5.41, 5.74) is 2.39. The summed E-state index contributed by atoms with van der Waals surface area (Å²) in [7, 11) is 4.41. The molecule has 5 heteroatoms. The summed E-state index contributed by atoms with van der Waals surface area (Å²) in [5.74, 6) is 0.599. The van der Waals surface area contributed by atoms with Crippen LogP contribution in [-0.4, -0.2) is 33.3 Å². The van der Waals surface area contributed by atoms with Crippen LogP contribution in [0.25, 0.3) is 0 Å². The molecular weight excluding hydrogens is 320 g/mol. The van der Waals surface area contributed by atoms with Crippen LogP contribution < -0.4 is 4.74 Å². The van der Waals surface area contributed by atoms with Crippen molar-refractivity contribution >= 4 is 11.9 Å². The molecule has 0 N–H and O–H groups in total. The minimum Gasteiger partial charge on any atom is -0.496 e. The summed E-state index contributed by atoms with van der Waals surface area (Å²) in [6, 6.07) is 3.88. The second kappa shape index (κ2) is 6.70. The largest absolute Gasteiger partial charge is 0.496 e. The number of ether oxygens (including phenoxy) is 3. The minimum atomic E-state index is -0.441. The van der Waals surface area contributed by atoms with E-state index >= 15 is 0 Å². The fourth-order valence-corrected chi connectivity index (χ4v) is 4.85. The molecule has 0 spiro atoms. The van der Waals surface area contributed by atoms with Gasteiger partial charge in [0, 0.05) is 0 Å². The fourth-order valence-electron chi connectivity index (χ4n) is 4.85. The standard InChI is InChI=1S/C20H26O5/c1-20(19(22)25-4)9-5-6-13-14-11-17(23-2)15(18(21)24-3)10-12(14)7-8-16(13)20/h10-11,13,16H,5-9H2,1-4H3/t13-,16-,20-/m0/s1. The van der Waals surface area contributed by atoms with Gasteiger partial charge in [-0.3, -0.25) is 4.79 Å². The molecule has 2 aliphatic carbocycles. The average Bonchev–Trinajstić information content (AvgIpc) is 2.65. The molecule has 0 aromatic heterocycles. The minimum absolute atomic E-state index is 0.108. The summed E-state index contributed by atoms with van der Waals surface area (Å²) >= 11 is 0. The predicted molar refractivity (Wildman–Crippen MR) is 92.9 cm³/mol. The van der Waals surface area contributed by atoms with Gasteiger partial charge in [-0.1, -0.05) is 6.42 Å². The topological polar surface area (TPSA) is 61.8 Å². The Bertz CT molecular complexity index is 696. The molecule has 1 saturated carbocycles. The van der Waals surface area contributed by atoms with E-state index in [2.05, 4.69) is 0 Å². The summed E-state index contributed by atoms with van der Waals surface area (Å²) in [5, 5.41) is 0. The highest BCUT2D eigenvalue weighted by molar-refractivity contribution is 5.93. The zero-order valence-electron chi connectivity index (χ0n) is 15.4. The maximum absolute atomic E-state index is 12.5. The van der Waals surface area contributed by atoms with Crippen LogP contribution in [0.3, 0.4) is 0 Å². The summed E-state index contributed by atoms with van der Waals surface area (Å²) in [6.45, 7) is 2.04. The highest BCUT2D eigenvalue weighted by atomic mass is 16.5. The number of esters is 2.